The lowest BCUT2D eigenvalue weighted by Gasteiger charge is -2.18. The van der Waals surface area contributed by atoms with Crippen LogP contribution in [0.25, 0.3) is 0 Å². The van der Waals surface area contributed by atoms with Crippen molar-refractivity contribution in [1.29, 1.82) is 0 Å². The van der Waals surface area contributed by atoms with Crippen LogP contribution in [0.1, 0.15) is 24.4 Å². The number of rotatable bonds is 5. The van der Waals surface area contributed by atoms with Crippen molar-refractivity contribution in [2.45, 2.75) is 18.9 Å². The minimum atomic E-state index is 0.0182. The quantitative estimate of drug-likeness (QED) is 0.843. The second-order valence-corrected chi connectivity index (χ2v) is 4.86. The molecule has 0 aliphatic heterocycles. The molecule has 1 fully saturated rings. The molecule has 1 saturated carbocycles. The molecule has 1 unspecified atom stereocenters. The van der Waals surface area contributed by atoms with Gasteiger partial charge >= 0.3 is 0 Å². The van der Waals surface area contributed by atoms with Crippen molar-refractivity contribution in [2.24, 2.45) is 5.92 Å². The largest absolute Gasteiger partial charge is 0.358 e. The molecule has 0 saturated heterocycles. The van der Waals surface area contributed by atoms with Gasteiger partial charge in [-0.15, -0.1) is 0 Å². The Kier molecular flexibility index (Phi) is 4.02. The minimum absolute atomic E-state index is 0.0182. The van der Waals surface area contributed by atoms with Crippen LogP contribution in [0.3, 0.4) is 0 Å². The molecule has 1 aromatic carbocycles. The standard InChI is InChI=1S/C13H17ClN2O/c1-15-12(17)8-16-13(9-2-3-9)10-4-6-11(14)7-5-10/h4-7,9,13,16H,2-3,8H2,1H3,(H,15,17). The van der Waals surface area contributed by atoms with Crippen LogP contribution in [0, 0.1) is 5.92 Å². The molecular weight excluding hydrogens is 236 g/mol. The number of benzene rings is 1. The predicted octanol–water partition coefficient (Wildman–Crippen LogP) is 2.13. The van der Waals surface area contributed by atoms with Crippen LogP contribution in [0.2, 0.25) is 5.02 Å². The third-order valence-electron chi connectivity index (χ3n) is 3.08. The van der Waals surface area contributed by atoms with Gasteiger partial charge < -0.3 is 10.6 Å². The Morgan fingerprint density at radius 3 is 2.59 bits per heavy atom. The van der Waals surface area contributed by atoms with Crippen molar-refractivity contribution in [1.82, 2.24) is 10.6 Å². The molecule has 0 radical (unpaired) electrons. The van der Waals surface area contributed by atoms with Crippen molar-refractivity contribution >= 4 is 17.5 Å². The van der Waals surface area contributed by atoms with E-state index in [1.165, 1.54) is 18.4 Å². The van der Waals surface area contributed by atoms with Crippen LogP contribution < -0.4 is 10.6 Å². The maximum Gasteiger partial charge on any atom is 0.233 e. The lowest BCUT2D eigenvalue weighted by Crippen LogP contribution is -2.34. The van der Waals surface area contributed by atoms with Gasteiger partial charge in [0.1, 0.15) is 0 Å². The summed E-state index contributed by atoms with van der Waals surface area (Å²) in [5.41, 5.74) is 1.21. The molecule has 3 nitrogen and oxygen atoms in total. The van der Waals surface area contributed by atoms with Gasteiger partial charge in [0.25, 0.3) is 0 Å². The Balaban J connectivity index is 2.01. The fourth-order valence-corrected chi connectivity index (χ4v) is 2.07. The molecule has 1 atom stereocenters. The molecule has 4 heteroatoms. The van der Waals surface area contributed by atoms with Crippen molar-refractivity contribution in [3.63, 3.8) is 0 Å². The van der Waals surface area contributed by atoms with Gasteiger partial charge in [0.2, 0.25) is 5.91 Å². The third-order valence-corrected chi connectivity index (χ3v) is 3.34. The third kappa shape index (κ3) is 3.45. The van der Waals surface area contributed by atoms with E-state index in [0.717, 1.165) is 5.02 Å². The maximum atomic E-state index is 11.2. The fourth-order valence-electron chi connectivity index (χ4n) is 1.95. The smallest absolute Gasteiger partial charge is 0.233 e. The van der Waals surface area contributed by atoms with E-state index < -0.39 is 0 Å². The number of amides is 1. The van der Waals surface area contributed by atoms with Gasteiger partial charge in [-0.3, -0.25) is 4.79 Å². The van der Waals surface area contributed by atoms with Gasteiger partial charge in [0.15, 0.2) is 0 Å². The van der Waals surface area contributed by atoms with Crippen molar-refractivity contribution in [3.8, 4) is 0 Å². The molecule has 2 rings (SSSR count). The topological polar surface area (TPSA) is 41.1 Å². The highest BCUT2D eigenvalue weighted by Crippen LogP contribution is 2.41. The summed E-state index contributed by atoms with van der Waals surface area (Å²) < 4.78 is 0. The summed E-state index contributed by atoms with van der Waals surface area (Å²) in [6.45, 7) is 0.361. The molecule has 2 N–H and O–H groups in total. The molecule has 1 aromatic rings. The Hall–Kier alpha value is -1.06. The molecule has 1 aliphatic carbocycles. The zero-order chi connectivity index (χ0) is 12.3. The number of hydrogen-bond acceptors (Lipinski definition) is 2. The average Bonchev–Trinajstić information content (AvgIpc) is 3.15. The average molecular weight is 253 g/mol. The first-order valence-corrected chi connectivity index (χ1v) is 6.28. The number of halogens is 1. The first-order valence-electron chi connectivity index (χ1n) is 5.90. The van der Waals surface area contributed by atoms with E-state index in [1.807, 2.05) is 24.3 Å². The van der Waals surface area contributed by atoms with Crippen LogP contribution in [0.4, 0.5) is 0 Å². The SMILES string of the molecule is CNC(=O)CNC(c1ccc(Cl)cc1)C1CC1. The highest BCUT2D eigenvalue weighted by atomic mass is 35.5. The first kappa shape index (κ1) is 12.4. The monoisotopic (exact) mass is 252 g/mol. The number of nitrogens with one attached hydrogen (secondary N) is 2. The van der Waals surface area contributed by atoms with Crippen molar-refractivity contribution in [3.05, 3.63) is 34.9 Å². The van der Waals surface area contributed by atoms with E-state index in [2.05, 4.69) is 10.6 Å². The predicted molar refractivity (Wildman–Crippen MR) is 69.0 cm³/mol. The minimum Gasteiger partial charge on any atom is -0.358 e. The molecule has 1 aliphatic rings. The summed E-state index contributed by atoms with van der Waals surface area (Å²) in [6.07, 6.45) is 2.46. The zero-order valence-electron chi connectivity index (χ0n) is 9.87. The van der Waals surface area contributed by atoms with E-state index in [0.29, 0.717) is 12.5 Å². The van der Waals surface area contributed by atoms with Crippen LogP contribution in [-0.4, -0.2) is 19.5 Å². The maximum absolute atomic E-state index is 11.2. The van der Waals surface area contributed by atoms with Gasteiger partial charge in [-0.1, -0.05) is 23.7 Å². The van der Waals surface area contributed by atoms with E-state index in [-0.39, 0.29) is 11.9 Å². The Morgan fingerprint density at radius 2 is 2.06 bits per heavy atom. The molecular formula is C13H17ClN2O. The summed E-state index contributed by atoms with van der Waals surface area (Å²) in [6, 6.07) is 8.12. The van der Waals surface area contributed by atoms with Crippen LogP contribution in [-0.2, 0) is 4.79 Å². The number of hydrogen-bond donors (Lipinski definition) is 2. The van der Waals surface area contributed by atoms with Gasteiger partial charge in [0.05, 0.1) is 6.54 Å². The molecule has 1 amide bonds. The summed E-state index contributed by atoms with van der Waals surface area (Å²) in [4.78, 5) is 11.2. The van der Waals surface area contributed by atoms with Gasteiger partial charge in [-0.05, 0) is 36.5 Å². The van der Waals surface area contributed by atoms with E-state index in [1.54, 1.807) is 7.05 Å². The van der Waals surface area contributed by atoms with E-state index >= 15 is 0 Å². The van der Waals surface area contributed by atoms with Crippen molar-refractivity contribution in [2.75, 3.05) is 13.6 Å². The normalized spacial score (nSPS) is 16.6. The fraction of sp³-hybridized carbons (Fsp3) is 0.462. The highest BCUT2D eigenvalue weighted by Gasteiger charge is 2.32. The summed E-state index contributed by atoms with van der Waals surface area (Å²) in [5.74, 6) is 0.672. The number of carbonyl (C=O) groups excluding carboxylic acids is 1. The molecule has 0 aromatic heterocycles. The van der Waals surface area contributed by atoms with Crippen LogP contribution in [0.15, 0.2) is 24.3 Å². The molecule has 0 bridgehead atoms. The molecule has 92 valence electrons. The van der Waals surface area contributed by atoms with Crippen LogP contribution in [0.5, 0.6) is 0 Å². The lowest BCUT2D eigenvalue weighted by atomic mass is 10.0. The number of likely N-dealkylation sites (N-methyl/N-ethyl adjacent to an activating group) is 1. The van der Waals surface area contributed by atoms with Crippen LogP contribution >= 0.6 is 11.6 Å². The molecule has 17 heavy (non-hydrogen) atoms. The summed E-state index contributed by atoms with van der Waals surface area (Å²) in [5, 5.41) is 6.68. The zero-order valence-corrected chi connectivity index (χ0v) is 10.6. The number of carbonyl (C=O) groups is 1. The van der Waals surface area contributed by atoms with Crippen molar-refractivity contribution < 1.29 is 4.79 Å². The summed E-state index contributed by atoms with van der Waals surface area (Å²) >= 11 is 5.88. The summed E-state index contributed by atoms with van der Waals surface area (Å²) in [7, 11) is 1.65. The molecule has 0 heterocycles. The Morgan fingerprint density at radius 1 is 1.41 bits per heavy atom. The van der Waals surface area contributed by atoms with E-state index in [4.69, 9.17) is 11.6 Å². The Labute approximate surface area is 107 Å². The Bertz CT molecular complexity index is 387. The van der Waals surface area contributed by atoms with Gasteiger partial charge in [-0.2, -0.15) is 0 Å². The highest BCUT2D eigenvalue weighted by molar-refractivity contribution is 6.30. The second kappa shape index (κ2) is 5.52. The van der Waals surface area contributed by atoms with Gasteiger partial charge in [0, 0.05) is 18.1 Å². The lowest BCUT2D eigenvalue weighted by molar-refractivity contribution is -0.119. The first-order chi connectivity index (χ1) is 8.20. The second-order valence-electron chi connectivity index (χ2n) is 4.42. The molecule has 0 spiro atoms. The van der Waals surface area contributed by atoms with Gasteiger partial charge in [-0.25, -0.2) is 0 Å². The van der Waals surface area contributed by atoms with E-state index in [9.17, 15) is 4.79 Å².